The summed E-state index contributed by atoms with van der Waals surface area (Å²) in [5.41, 5.74) is 6.02. The van der Waals surface area contributed by atoms with Gasteiger partial charge in [-0.3, -0.25) is 4.79 Å². The summed E-state index contributed by atoms with van der Waals surface area (Å²) in [7, 11) is 0. The van der Waals surface area contributed by atoms with E-state index in [9.17, 15) is 9.59 Å². The van der Waals surface area contributed by atoms with Crippen LogP contribution in [0.1, 0.15) is 40.5 Å². The number of hydrogen-bond donors (Lipinski definition) is 2. The number of aryl methyl sites for hydroxylation is 4. The van der Waals surface area contributed by atoms with Gasteiger partial charge in [-0.05, 0) is 69.9 Å². The number of aromatic amines is 1. The van der Waals surface area contributed by atoms with Gasteiger partial charge in [0.25, 0.3) is 0 Å². The first-order chi connectivity index (χ1) is 16.2. The summed E-state index contributed by atoms with van der Waals surface area (Å²) in [4.78, 5) is 29.0. The van der Waals surface area contributed by atoms with Crippen molar-refractivity contribution in [3.63, 3.8) is 0 Å². The summed E-state index contributed by atoms with van der Waals surface area (Å²) in [6, 6.07) is 10.0. The highest BCUT2D eigenvalue weighted by Gasteiger charge is 2.21. The Bertz CT molecular complexity index is 1630. The van der Waals surface area contributed by atoms with Gasteiger partial charge in [0.1, 0.15) is 16.9 Å². The molecule has 5 aromatic rings. The Morgan fingerprint density at radius 3 is 2.47 bits per heavy atom. The van der Waals surface area contributed by atoms with Crippen molar-refractivity contribution in [1.29, 1.82) is 0 Å². The monoisotopic (exact) mass is 456 g/mol. The van der Waals surface area contributed by atoms with E-state index in [1.165, 1.54) is 0 Å². The number of rotatable bonds is 5. The molecule has 0 aliphatic heterocycles. The highest BCUT2D eigenvalue weighted by atomic mass is 16.4. The number of carbonyl (C=O) groups excluding carboxylic acids is 1. The second kappa shape index (κ2) is 8.20. The molecule has 0 aliphatic rings. The number of furan rings is 1. The fourth-order valence-electron chi connectivity index (χ4n) is 4.86. The SMILES string of the molecule is Cc1oc2c(C)c3oc(=O)c(CC(=O)N[C@H](C)Cc4c[nH]c5ccccc45)c(C)c3cc2c1C. The number of hydrogen-bond acceptors (Lipinski definition) is 4. The van der Waals surface area contributed by atoms with Gasteiger partial charge in [-0.25, -0.2) is 4.79 Å². The predicted molar refractivity (Wildman–Crippen MR) is 135 cm³/mol. The lowest BCUT2D eigenvalue weighted by molar-refractivity contribution is -0.121. The van der Waals surface area contributed by atoms with Gasteiger partial charge in [0.2, 0.25) is 5.91 Å². The molecule has 34 heavy (non-hydrogen) atoms. The van der Waals surface area contributed by atoms with Gasteiger partial charge in [0, 0.05) is 39.5 Å². The summed E-state index contributed by atoms with van der Waals surface area (Å²) >= 11 is 0. The van der Waals surface area contributed by atoms with E-state index >= 15 is 0 Å². The van der Waals surface area contributed by atoms with E-state index < -0.39 is 5.63 Å². The molecular formula is C28H28N2O4. The van der Waals surface area contributed by atoms with Gasteiger partial charge in [0.15, 0.2) is 0 Å². The van der Waals surface area contributed by atoms with Gasteiger partial charge < -0.3 is 19.1 Å². The van der Waals surface area contributed by atoms with Crippen LogP contribution < -0.4 is 10.9 Å². The molecule has 2 N–H and O–H groups in total. The van der Waals surface area contributed by atoms with Crippen molar-refractivity contribution < 1.29 is 13.6 Å². The van der Waals surface area contributed by atoms with Crippen LogP contribution in [0.15, 0.2) is 50.2 Å². The molecule has 0 bridgehead atoms. The highest BCUT2D eigenvalue weighted by molar-refractivity contribution is 6.00. The fraction of sp³-hybridized carbons (Fsp3) is 0.286. The fourth-order valence-corrected chi connectivity index (χ4v) is 4.86. The maximum atomic E-state index is 12.9. The molecule has 3 aromatic heterocycles. The van der Waals surface area contributed by atoms with Crippen LogP contribution in [0.4, 0.5) is 0 Å². The Balaban J connectivity index is 1.41. The van der Waals surface area contributed by atoms with E-state index in [-0.39, 0.29) is 18.4 Å². The predicted octanol–water partition coefficient (Wildman–Crippen LogP) is 5.54. The molecule has 3 heterocycles. The number of amides is 1. The number of carbonyl (C=O) groups is 1. The minimum absolute atomic E-state index is 0.0250. The van der Waals surface area contributed by atoms with Crippen LogP contribution in [-0.4, -0.2) is 16.9 Å². The number of nitrogens with one attached hydrogen (secondary N) is 2. The quantitative estimate of drug-likeness (QED) is 0.340. The third kappa shape index (κ3) is 3.59. The zero-order valence-corrected chi connectivity index (χ0v) is 20.1. The first-order valence-electron chi connectivity index (χ1n) is 11.5. The standard InChI is InChI=1S/C28H28N2O4/c1-14(10-19-13-29-24-9-7-6-8-20(19)24)30-25(31)12-23-16(3)22-11-21-15(2)18(5)33-26(21)17(4)27(22)34-28(23)32/h6-9,11,13-14,29H,10,12H2,1-5H3,(H,30,31)/t14-/m1/s1. The lowest BCUT2D eigenvalue weighted by atomic mass is 9.98. The summed E-state index contributed by atoms with van der Waals surface area (Å²) in [5, 5.41) is 6.03. The first-order valence-corrected chi connectivity index (χ1v) is 11.5. The Kier molecular flexibility index (Phi) is 5.31. The minimum atomic E-state index is -0.480. The molecule has 0 saturated heterocycles. The molecule has 1 amide bonds. The molecule has 2 aromatic carbocycles. The molecular weight excluding hydrogens is 428 g/mol. The summed E-state index contributed by atoms with van der Waals surface area (Å²) in [6.07, 6.45) is 2.65. The van der Waals surface area contributed by atoms with Crippen LogP contribution in [-0.2, 0) is 17.6 Å². The van der Waals surface area contributed by atoms with Gasteiger partial charge in [-0.1, -0.05) is 18.2 Å². The van der Waals surface area contributed by atoms with Gasteiger partial charge in [-0.15, -0.1) is 0 Å². The van der Waals surface area contributed by atoms with Crippen molar-refractivity contribution in [3.8, 4) is 0 Å². The van der Waals surface area contributed by atoms with Crippen molar-refractivity contribution in [2.45, 2.75) is 53.5 Å². The van der Waals surface area contributed by atoms with Crippen LogP contribution in [0.5, 0.6) is 0 Å². The molecule has 6 nitrogen and oxygen atoms in total. The molecule has 0 unspecified atom stereocenters. The minimum Gasteiger partial charge on any atom is -0.461 e. The van der Waals surface area contributed by atoms with E-state index in [0.717, 1.165) is 55.3 Å². The summed E-state index contributed by atoms with van der Waals surface area (Å²) in [6.45, 7) is 9.69. The van der Waals surface area contributed by atoms with Crippen LogP contribution in [0.25, 0.3) is 32.8 Å². The van der Waals surface area contributed by atoms with Crippen LogP contribution in [0, 0.1) is 27.7 Å². The van der Waals surface area contributed by atoms with Crippen molar-refractivity contribution in [1.82, 2.24) is 10.3 Å². The van der Waals surface area contributed by atoms with E-state index in [2.05, 4.69) is 16.4 Å². The maximum absolute atomic E-state index is 12.9. The van der Waals surface area contributed by atoms with E-state index in [4.69, 9.17) is 8.83 Å². The van der Waals surface area contributed by atoms with E-state index in [1.54, 1.807) is 0 Å². The Labute approximate surface area is 196 Å². The zero-order valence-electron chi connectivity index (χ0n) is 20.1. The van der Waals surface area contributed by atoms with Crippen LogP contribution >= 0.6 is 0 Å². The zero-order chi connectivity index (χ0) is 24.1. The number of aromatic nitrogens is 1. The summed E-state index contributed by atoms with van der Waals surface area (Å²) < 4.78 is 11.6. The normalized spacial score (nSPS) is 12.6. The smallest absolute Gasteiger partial charge is 0.340 e. The topological polar surface area (TPSA) is 88.2 Å². The molecule has 1 atom stereocenters. The Morgan fingerprint density at radius 1 is 0.971 bits per heavy atom. The van der Waals surface area contributed by atoms with Crippen LogP contribution in [0.2, 0.25) is 0 Å². The van der Waals surface area contributed by atoms with E-state index in [1.807, 2.05) is 65.1 Å². The van der Waals surface area contributed by atoms with Gasteiger partial charge in [0.05, 0.1) is 12.0 Å². The molecule has 0 fully saturated rings. The Hall–Kier alpha value is -3.80. The van der Waals surface area contributed by atoms with Crippen molar-refractivity contribution in [2.75, 3.05) is 0 Å². The number of fused-ring (bicyclic) bond motifs is 3. The Morgan fingerprint density at radius 2 is 1.68 bits per heavy atom. The average molecular weight is 457 g/mol. The first kappa shape index (κ1) is 22.0. The van der Waals surface area contributed by atoms with Crippen molar-refractivity contribution in [3.05, 3.63) is 80.5 Å². The average Bonchev–Trinajstić information content (AvgIpc) is 3.33. The summed E-state index contributed by atoms with van der Waals surface area (Å²) in [5.74, 6) is 0.646. The number of para-hydroxylation sites is 1. The molecule has 0 spiro atoms. The molecule has 0 saturated carbocycles. The highest BCUT2D eigenvalue weighted by Crippen LogP contribution is 2.34. The van der Waals surface area contributed by atoms with Crippen molar-refractivity contribution in [2.24, 2.45) is 0 Å². The largest absolute Gasteiger partial charge is 0.461 e. The van der Waals surface area contributed by atoms with Crippen molar-refractivity contribution >= 4 is 38.7 Å². The maximum Gasteiger partial charge on any atom is 0.340 e. The lowest BCUT2D eigenvalue weighted by Crippen LogP contribution is -2.36. The van der Waals surface area contributed by atoms with Gasteiger partial charge >= 0.3 is 5.63 Å². The second-order valence-electron chi connectivity index (χ2n) is 9.24. The second-order valence-corrected chi connectivity index (χ2v) is 9.24. The molecule has 174 valence electrons. The molecule has 0 radical (unpaired) electrons. The molecule has 0 aliphatic carbocycles. The third-order valence-corrected chi connectivity index (χ3v) is 6.89. The lowest BCUT2D eigenvalue weighted by Gasteiger charge is -2.15. The third-order valence-electron chi connectivity index (χ3n) is 6.89. The number of benzene rings is 2. The van der Waals surface area contributed by atoms with E-state index in [0.29, 0.717) is 17.6 Å². The molecule has 5 rings (SSSR count). The molecule has 6 heteroatoms. The van der Waals surface area contributed by atoms with Gasteiger partial charge in [-0.2, -0.15) is 0 Å². The van der Waals surface area contributed by atoms with Crippen LogP contribution in [0.3, 0.4) is 0 Å². The number of H-pyrrole nitrogens is 1.